The average Bonchev–Trinajstić information content (AvgIpc) is 2.98. The van der Waals surface area contributed by atoms with Gasteiger partial charge >= 0.3 is 6.01 Å². The molecule has 0 saturated carbocycles. The van der Waals surface area contributed by atoms with Gasteiger partial charge in [-0.3, -0.25) is 0 Å². The van der Waals surface area contributed by atoms with Gasteiger partial charge in [-0.25, -0.2) is 0 Å². The molecule has 1 aromatic heterocycles. The lowest BCUT2D eigenvalue weighted by Gasteiger charge is -2.35. The quantitative estimate of drug-likeness (QED) is 0.936. The molecule has 0 radical (unpaired) electrons. The summed E-state index contributed by atoms with van der Waals surface area (Å²) in [6.45, 7) is 5.30. The number of benzene rings is 1. The lowest BCUT2D eigenvalue weighted by atomic mass is 10.2. The monoisotopic (exact) mass is 307 g/mol. The van der Waals surface area contributed by atoms with E-state index in [2.05, 4.69) is 20.0 Å². The van der Waals surface area contributed by atoms with E-state index in [-0.39, 0.29) is 6.04 Å². The van der Waals surface area contributed by atoms with Crippen molar-refractivity contribution in [2.24, 2.45) is 5.73 Å². The third kappa shape index (κ3) is 3.11. The van der Waals surface area contributed by atoms with Crippen LogP contribution in [-0.2, 0) is 0 Å². The zero-order chi connectivity index (χ0) is 14.8. The number of halogens is 1. The summed E-state index contributed by atoms with van der Waals surface area (Å²) in [6, 6.07) is 8.23. The van der Waals surface area contributed by atoms with Crippen molar-refractivity contribution in [3.8, 4) is 0 Å². The Morgan fingerprint density at radius 1 is 1.10 bits per heavy atom. The number of hydrogen-bond donors (Lipinski definition) is 1. The Morgan fingerprint density at radius 3 is 2.29 bits per heavy atom. The molecule has 0 spiro atoms. The van der Waals surface area contributed by atoms with Gasteiger partial charge in [-0.1, -0.05) is 16.7 Å². The number of nitrogens with zero attached hydrogens (tertiary/aromatic N) is 4. The van der Waals surface area contributed by atoms with Crippen LogP contribution in [0.2, 0.25) is 5.02 Å². The molecule has 1 atom stereocenters. The second kappa shape index (κ2) is 5.91. The summed E-state index contributed by atoms with van der Waals surface area (Å²) in [4.78, 5) is 4.40. The molecule has 1 saturated heterocycles. The summed E-state index contributed by atoms with van der Waals surface area (Å²) in [5.41, 5.74) is 6.91. The smallest absolute Gasteiger partial charge is 0.318 e. The van der Waals surface area contributed by atoms with Crippen LogP contribution in [0.1, 0.15) is 18.9 Å². The van der Waals surface area contributed by atoms with E-state index in [4.69, 9.17) is 21.8 Å². The van der Waals surface area contributed by atoms with Crippen LogP contribution in [0.25, 0.3) is 0 Å². The molecule has 2 heterocycles. The summed E-state index contributed by atoms with van der Waals surface area (Å²) in [5, 5.41) is 8.79. The zero-order valence-electron chi connectivity index (χ0n) is 11.9. The topological polar surface area (TPSA) is 71.4 Å². The van der Waals surface area contributed by atoms with E-state index in [0.717, 1.165) is 31.2 Å². The van der Waals surface area contributed by atoms with Crippen LogP contribution < -0.4 is 15.5 Å². The van der Waals surface area contributed by atoms with Crippen molar-refractivity contribution in [1.29, 1.82) is 0 Å². The highest BCUT2D eigenvalue weighted by Crippen LogP contribution is 2.22. The summed E-state index contributed by atoms with van der Waals surface area (Å²) < 4.78 is 5.58. The molecule has 6 nitrogen and oxygen atoms in total. The molecular formula is C14H18ClN5O. The molecule has 0 bridgehead atoms. The molecule has 7 heteroatoms. The lowest BCUT2D eigenvalue weighted by molar-refractivity contribution is 0.450. The van der Waals surface area contributed by atoms with E-state index >= 15 is 0 Å². The Labute approximate surface area is 128 Å². The van der Waals surface area contributed by atoms with E-state index in [1.807, 2.05) is 31.2 Å². The Morgan fingerprint density at radius 2 is 1.71 bits per heavy atom. The van der Waals surface area contributed by atoms with Crippen LogP contribution in [0, 0.1) is 0 Å². The van der Waals surface area contributed by atoms with Gasteiger partial charge in [0.25, 0.3) is 0 Å². The zero-order valence-corrected chi connectivity index (χ0v) is 12.6. The summed E-state index contributed by atoms with van der Waals surface area (Å²) in [7, 11) is 0. The van der Waals surface area contributed by atoms with E-state index < -0.39 is 0 Å². The first-order valence-electron chi connectivity index (χ1n) is 6.98. The maximum Gasteiger partial charge on any atom is 0.318 e. The van der Waals surface area contributed by atoms with Gasteiger partial charge < -0.3 is 20.0 Å². The fourth-order valence-corrected chi connectivity index (χ4v) is 2.47. The number of hydrogen-bond acceptors (Lipinski definition) is 6. The second-order valence-corrected chi connectivity index (χ2v) is 5.60. The highest BCUT2D eigenvalue weighted by atomic mass is 35.5. The molecule has 1 aromatic carbocycles. The summed E-state index contributed by atoms with van der Waals surface area (Å²) in [5.74, 6) is 0.477. The maximum absolute atomic E-state index is 5.92. The first-order chi connectivity index (χ1) is 10.1. The molecule has 21 heavy (non-hydrogen) atoms. The minimum Gasteiger partial charge on any atom is -0.406 e. The second-order valence-electron chi connectivity index (χ2n) is 5.16. The maximum atomic E-state index is 5.92. The van der Waals surface area contributed by atoms with Crippen LogP contribution >= 0.6 is 11.6 Å². The summed E-state index contributed by atoms with van der Waals surface area (Å²) in [6.07, 6.45) is 0. The largest absolute Gasteiger partial charge is 0.406 e. The standard InChI is InChI=1S/C14H18ClN5O/c1-10(16)13-17-18-14(21-13)20-8-6-19(7-9-20)12-4-2-11(15)3-5-12/h2-5,10H,6-9,16H2,1H3. The molecule has 1 aliphatic heterocycles. The molecule has 0 aliphatic carbocycles. The predicted octanol–water partition coefficient (Wildman–Crippen LogP) is 2.07. The number of rotatable bonds is 3. The molecule has 3 rings (SSSR count). The molecule has 1 aliphatic rings. The van der Waals surface area contributed by atoms with Crippen LogP contribution in [0.15, 0.2) is 28.7 Å². The van der Waals surface area contributed by atoms with Crippen LogP contribution in [0.4, 0.5) is 11.7 Å². The molecule has 0 amide bonds. The highest BCUT2D eigenvalue weighted by Gasteiger charge is 2.22. The summed E-state index contributed by atoms with van der Waals surface area (Å²) >= 11 is 5.92. The van der Waals surface area contributed by atoms with E-state index in [9.17, 15) is 0 Å². The molecule has 112 valence electrons. The van der Waals surface area contributed by atoms with Gasteiger partial charge in [-0.05, 0) is 31.2 Å². The number of piperazine rings is 1. The van der Waals surface area contributed by atoms with Crippen LogP contribution in [-0.4, -0.2) is 36.4 Å². The van der Waals surface area contributed by atoms with Crippen molar-refractivity contribution in [2.45, 2.75) is 13.0 Å². The Balaban J connectivity index is 1.63. The van der Waals surface area contributed by atoms with Gasteiger partial charge in [0.05, 0.1) is 6.04 Å². The van der Waals surface area contributed by atoms with Gasteiger partial charge in [0.15, 0.2) is 0 Å². The minimum atomic E-state index is -0.235. The molecule has 2 N–H and O–H groups in total. The molecule has 1 unspecified atom stereocenters. The van der Waals surface area contributed by atoms with E-state index in [0.29, 0.717) is 11.9 Å². The fourth-order valence-electron chi connectivity index (χ4n) is 2.35. The van der Waals surface area contributed by atoms with Crippen molar-refractivity contribution < 1.29 is 4.42 Å². The average molecular weight is 308 g/mol. The molecule has 2 aromatic rings. The number of aromatic nitrogens is 2. The lowest BCUT2D eigenvalue weighted by Crippen LogP contribution is -2.46. The van der Waals surface area contributed by atoms with Gasteiger partial charge in [0, 0.05) is 36.9 Å². The van der Waals surface area contributed by atoms with Gasteiger partial charge in [-0.2, -0.15) is 0 Å². The normalized spacial score (nSPS) is 17.1. The Kier molecular flexibility index (Phi) is 3.98. The first-order valence-corrected chi connectivity index (χ1v) is 7.36. The first kappa shape index (κ1) is 14.2. The van der Waals surface area contributed by atoms with E-state index in [1.165, 1.54) is 5.69 Å². The highest BCUT2D eigenvalue weighted by molar-refractivity contribution is 6.30. The third-order valence-corrected chi connectivity index (χ3v) is 3.81. The van der Waals surface area contributed by atoms with Crippen LogP contribution in [0.3, 0.4) is 0 Å². The van der Waals surface area contributed by atoms with E-state index in [1.54, 1.807) is 0 Å². The van der Waals surface area contributed by atoms with Crippen molar-refractivity contribution in [3.05, 3.63) is 35.2 Å². The van der Waals surface area contributed by atoms with Gasteiger partial charge in [0.2, 0.25) is 5.89 Å². The number of nitrogens with two attached hydrogens (primary N) is 1. The predicted molar refractivity (Wildman–Crippen MR) is 82.8 cm³/mol. The molecule has 1 fully saturated rings. The van der Waals surface area contributed by atoms with Crippen molar-refractivity contribution in [1.82, 2.24) is 10.2 Å². The Hall–Kier alpha value is -1.79. The SMILES string of the molecule is CC(N)c1nnc(N2CCN(c3ccc(Cl)cc3)CC2)o1. The third-order valence-electron chi connectivity index (χ3n) is 3.56. The number of anilines is 2. The van der Waals surface area contributed by atoms with Gasteiger partial charge in [-0.15, -0.1) is 5.10 Å². The van der Waals surface area contributed by atoms with Crippen molar-refractivity contribution >= 4 is 23.3 Å². The van der Waals surface area contributed by atoms with Crippen molar-refractivity contribution in [3.63, 3.8) is 0 Å². The minimum absolute atomic E-state index is 0.235. The van der Waals surface area contributed by atoms with Gasteiger partial charge in [0.1, 0.15) is 0 Å². The van der Waals surface area contributed by atoms with Crippen LogP contribution in [0.5, 0.6) is 0 Å². The Bertz CT molecular complexity index is 590. The fraction of sp³-hybridized carbons (Fsp3) is 0.429. The molecular weight excluding hydrogens is 290 g/mol. The van der Waals surface area contributed by atoms with Crippen molar-refractivity contribution in [2.75, 3.05) is 36.0 Å².